The fourth-order valence-corrected chi connectivity index (χ4v) is 2.99. The number of carbonyl (C=O) groups is 2. The van der Waals surface area contributed by atoms with Gasteiger partial charge in [0.05, 0.1) is 12.4 Å². The van der Waals surface area contributed by atoms with Gasteiger partial charge >= 0.3 is 5.97 Å². The lowest BCUT2D eigenvalue weighted by atomic mass is 10.3. The van der Waals surface area contributed by atoms with E-state index in [2.05, 4.69) is 31.4 Å². The van der Waals surface area contributed by atoms with Crippen LogP contribution in [-0.2, 0) is 27.8 Å². The van der Waals surface area contributed by atoms with Crippen molar-refractivity contribution in [1.82, 2.24) is 14.8 Å². The second-order valence-electron chi connectivity index (χ2n) is 4.79. The highest BCUT2D eigenvalue weighted by molar-refractivity contribution is 9.10. The summed E-state index contributed by atoms with van der Waals surface area (Å²) in [4.78, 5) is 23.5. The molecular weight excluding hydrogens is 396 g/mol. The first-order chi connectivity index (χ1) is 11.5. The first-order valence-corrected chi connectivity index (χ1v) is 8.99. The number of nitrogens with zero attached hydrogens (tertiary/aromatic N) is 3. The molecule has 0 unspecified atom stereocenters. The summed E-state index contributed by atoms with van der Waals surface area (Å²) in [6, 6.07) is 7.36. The van der Waals surface area contributed by atoms with Gasteiger partial charge in [-0.1, -0.05) is 33.8 Å². The summed E-state index contributed by atoms with van der Waals surface area (Å²) in [6.45, 7) is 2.08. The zero-order chi connectivity index (χ0) is 17.5. The lowest BCUT2D eigenvalue weighted by Crippen LogP contribution is -2.15. The molecule has 0 saturated carbocycles. The van der Waals surface area contributed by atoms with Gasteiger partial charge in [0.15, 0.2) is 5.16 Å². The second kappa shape index (κ2) is 8.84. The molecule has 1 amide bonds. The van der Waals surface area contributed by atoms with Crippen molar-refractivity contribution in [3.63, 3.8) is 0 Å². The number of ether oxygens (including phenoxy) is 1. The van der Waals surface area contributed by atoms with Crippen LogP contribution in [0, 0.1) is 0 Å². The molecule has 0 aliphatic carbocycles. The van der Waals surface area contributed by atoms with Gasteiger partial charge in [0, 0.05) is 17.2 Å². The molecule has 1 N–H and O–H groups in total. The standard InChI is InChI=1S/C15H17BrN4O3S/c1-3-23-14(22)8-12-18-19-15(20(12)2)24-9-13(21)17-11-6-4-5-10(16)7-11/h4-7H,3,8-9H2,1-2H3,(H,17,21). The Hall–Kier alpha value is -1.87. The minimum absolute atomic E-state index is 0.0577. The predicted molar refractivity (Wildman–Crippen MR) is 94.8 cm³/mol. The van der Waals surface area contributed by atoms with E-state index in [1.54, 1.807) is 18.5 Å². The fourth-order valence-electron chi connectivity index (χ4n) is 1.86. The fraction of sp³-hybridized carbons (Fsp3) is 0.333. The van der Waals surface area contributed by atoms with Crippen LogP contribution in [0.15, 0.2) is 33.9 Å². The SMILES string of the molecule is CCOC(=O)Cc1nnc(SCC(=O)Nc2cccc(Br)c2)n1C. The third-order valence-corrected chi connectivity index (χ3v) is 4.49. The maximum absolute atomic E-state index is 12.0. The van der Waals surface area contributed by atoms with Crippen molar-refractivity contribution < 1.29 is 14.3 Å². The van der Waals surface area contributed by atoms with Gasteiger partial charge in [-0.05, 0) is 25.1 Å². The Morgan fingerprint density at radius 1 is 1.38 bits per heavy atom. The molecule has 2 rings (SSSR count). The van der Waals surface area contributed by atoms with Gasteiger partial charge in [-0.3, -0.25) is 9.59 Å². The van der Waals surface area contributed by atoms with Crippen LogP contribution in [-0.4, -0.2) is 39.0 Å². The second-order valence-corrected chi connectivity index (χ2v) is 6.64. The van der Waals surface area contributed by atoms with Crippen molar-refractivity contribution in [2.45, 2.75) is 18.5 Å². The minimum atomic E-state index is -0.350. The number of amides is 1. The number of thioether (sulfide) groups is 1. The molecule has 1 aromatic heterocycles. The molecule has 0 saturated heterocycles. The number of halogens is 1. The summed E-state index contributed by atoms with van der Waals surface area (Å²) in [7, 11) is 1.75. The first kappa shape index (κ1) is 18.5. The summed E-state index contributed by atoms with van der Waals surface area (Å²) in [5.41, 5.74) is 0.718. The van der Waals surface area contributed by atoms with Crippen LogP contribution in [0.1, 0.15) is 12.7 Å². The van der Waals surface area contributed by atoms with Crippen molar-refractivity contribution in [3.05, 3.63) is 34.6 Å². The number of rotatable bonds is 7. The Kier molecular flexibility index (Phi) is 6.80. The van der Waals surface area contributed by atoms with Gasteiger partial charge in [0.2, 0.25) is 5.91 Å². The molecule has 1 heterocycles. The first-order valence-electron chi connectivity index (χ1n) is 7.21. The zero-order valence-electron chi connectivity index (χ0n) is 13.3. The molecule has 24 heavy (non-hydrogen) atoms. The molecule has 0 atom stereocenters. The number of esters is 1. The van der Waals surface area contributed by atoms with E-state index in [1.807, 2.05) is 24.3 Å². The number of carbonyl (C=O) groups excluding carboxylic acids is 2. The molecule has 0 bridgehead atoms. The highest BCUT2D eigenvalue weighted by Crippen LogP contribution is 2.18. The van der Waals surface area contributed by atoms with E-state index in [9.17, 15) is 9.59 Å². The normalized spacial score (nSPS) is 10.5. The van der Waals surface area contributed by atoms with Crippen molar-refractivity contribution in [1.29, 1.82) is 0 Å². The number of nitrogens with one attached hydrogen (secondary N) is 1. The number of hydrogen-bond donors (Lipinski definition) is 1. The highest BCUT2D eigenvalue weighted by Gasteiger charge is 2.15. The van der Waals surface area contributed by atoms with Crippen LogP contribution in [0.25, 0.3) is 0 Å². The van der Waals surface area contributed by atoms with Gasteiger partial charge < -0.3 is 14.6 Å². The summed E-state index contributed by atoms with van der Waals surface area (Å²) >= 11 is 4.61. The molecule has 0 aliphatic heterocycles. The molecular formula is C15H17BrN4O3S. The van der Waals surface area contributed by atoms with E-state index < -0.39 is 0 Å². The Morgan fingerprint density at radius 2 is 2.17 bits per heavy atom. The highest BCUT2D eigenvalue weighted by atomic mass is 79.9. The van der Waals surface area contributed by atoms with Crippen LogP contribution in [0.2, 0.25) is 0 Å². The maximum atomic E-state index is 12.0. The van der Waals surface area contributed by atoms with Crippen LogP contribution in [0.4, 0.5) is 5.69 Å². The quantitative estimate of drug-likeness (QED) is 0.554. The lowest BCUT2D eigenvalue weighted by molar-refractivity contribution is -0.142. The molecule has 1 aromatic carbocycles. The third-order valence-electron chi connectivity index (χ3n) is 2.97. The smallest absolute Gasteiger partial charge is 0.313 e. The number of anilines is 1. The number of hydrogen-bond acceptors (Lipinski definition) is 6. The summed E-state index contributed by atoms with van der Waals surface area (Å²) < 4.78 is 7.47. The van der Waals surface area contributed by atoms with E-state index in [4.69, 9.17) is 4.74 Å². The minimum Gasteiger partial charge on any atom is -0.466 e. The van der Waals surface area contributed by atoms with Gasteiger partial charge in [-0.2, -0.15) is 0 Å². The Labute approximate surface area is 152 Å². The van der Waals surface area contributed by atoms with Crippen LogP contribution in [0.3, 0.4) is 0 Å². The van der Waals surface area contributed by atoms with Crippen molar-refractivity contribution in [2.24, 2.45) is 7.05 Å². The van der Waals surface area contributed by atoms with Crippen molar-refractivity contribution >= 4 is 45.3 Å². The van der Waals surface area contributed by atoms with E-state index in [0.29, 0.717) is 17.6 Å². The number of benzene rings is 1. The van der Waals surface area contributed by atoms with Crippen LogP contribution < -0.4 is 5.32 Å². The van der Waals surface area contributed by atoms with Crippen molar-refractivity contribution in [3.8, 4) is 0 Å². The Bertz CT molecular complexity index is 735. The molecule has 9 heteroatoms. The van der Waals surface area contributed by atoms with Crippen LogP contribution in [0.5, 0.6) is 0 Å². The molecule has 0 spiro atoms. The average molecular weight is 413 g/mol. The molecule has 128 valence electrons. The molecule has 7 nitrogen and oxygen atoms in total. The summed E-state index contributed by atoms with van der Waals surface area (Å²) in [6.07, 6.45) is 0.0577. The van der Waals surface area contributed by atoms with Gasteiger partial charge in [-0.25, -0.2) is 0 Å². The van der Waals surface area contributed by atoms with Gasteiger partial charge in [0.25, 0.3) is 0 Å². The summed E-state index contributed by atoms with van der Waals surface area (Å²) in [5, 5.41) is 11.3. The van der Waals surface area contributed by atoms with E-state index in [0.717, 1.165) is 10.2 Å². The zero-order valence-corrected chi connectivity index (χ0v) is 15.7. The van der Waals surface area contributed by atoms with Crippen molar-refractivity contribution in [2.75, 3.05) is 17.7 Å². The Balaban J connectivity index is 1.89. The van der Waals surface area contributed by atoms with Crippen LogP contribution >= 0.6 is 27.7 Å². The Morgan fingerprint density at radius 3 is 2.88 bits per heavy atom. The van der Waals surface area contributed by atoms with E-state index >= 15 is 0 Å². The number of aromatic nitrogens is 3. The van der Waals surface area contributed by atoms with Gasteiger partial charge in [0.1, 0.15) is 12.2 Å². The molecule has 0 fully saturated rings. The van der Waals surface area contributed by atoms with E-state index in [1.165, 1.54) is 11.8 Å². The predicted octanol–water partition coefficient (Wildman–Crippen LogP) is 2.41. The molecule has 2 aromatic rings. The lowest BCUT2D eigenvalue weighted by Gasteiger charge is -2.06. The third kappa shape index (κ3) is 5.34. The largest absolute Gasteiger partial charge is 0.466 e. The van der Waals surface area contributed by atoms with E-state index in [-0.39, 0.29) is 24.1 Å². The monoisotopic (exact) mass is 412 g/mol. The molecule has 0 aliphatic rings. The summed E-state index contributed by atoms with van der Waals surface area (Å²) in [5.74, 6) is 0.200. The molecule has 0 radical (unpaired) electrons. The topological polar surface area (TPSA) is 86.1 Å². The maximum Gasteiger partial charge on any atom is 0.313 e. The average Bonchev–Trinajstić information content (AvgIpc) is 2.86. The van der Waals surface area contributed by atoms with Gasteiger partial charge in [-0.15, -0.1) is 10.2 Å².